The molecule has 2 aliphatic rings. The fraction of sp³-hybridized carbons (Fsp3) is 0.148. The van der Waals surface area contributed by atoms with Crippen LogP contribution in [0.2, 0.25) is 0 Å². The van der Waals surface area contributed by atoms with Crippen molar-refractivity contribution in [2.24, 2.45) is 0 Å². The van der Waals surface area contributed by atoms with E-state index in [0.717, 1.165) is 42.1 Å². The number of carbonyl (C=O) groups is 2. The van der Waals surface area contributed by atoms with Crippen LogP contribution in [-0.4, -0.2) is 23.5 Å². The normalized spacial score (nSPS) is 17.1. The third-order valence-corrected chi connectivity index (χ3v) is 6.33. The number of nitrogens with one attached hydrogen (secondary N) is 1. The van der Waals surface area contributed by atoms with Gasteiger partial charge in [0.15, 0.2) is 5.11 Å². The van der Waals surface area contributed by atoms with Crippen molar-refractivity contribution in [3.8, 4) is 0 Å². The quantitative estimate of drug-likeness (QED) is 0.343. The van der Waals surface area contributed by atoms with E-state index in [1.54, 1.807) is 12.1 Å². The molecule has 34 heavy (non-hydrogen) atoms. The summed E-state index contributed by atoms with van der Waals surface area (Å²) in [7, 11) is 0. The Hall–Kier alpha value is -3.84. The largest absolute Gasteiger partial charge is 0.367 e. The molecule has 5 nitrogen and oxygen atoms in total. The molecular formula is C27H22FN3O2S. The van der Waals surface area contributed by atoms with E-state index in [2.05, 4.69) is 22.3 Å². The van der Waals surface area contributed by atoms with Gasteiger partial charge in [0, 0.05) is 18.8 Å². The predicted molar refractivity (Wildman–Crippen MR) is 135 cm³/mol. The zero-order valence-corrected chi connectivity index (χ0v) is 19.1. The summed E-state index contributed by atoms with van der Waals surface area (Å²) in [6, 6.07) is 22.1. The molecule has 0 bridgehead atoms. The molecule has 0 aliphatic carbocycles. The highest BCUT2D eigenvalue weighted by Gasteiger charge is 2.35. The number of hydrogen-bond donors (Lipinski definition) is 1. The molecule has 1 fully saturated rings. The topological polar surface area (TPSA) is 52.7 Å². The molecule has 7 heteroatoms. The van der Waals surface area contributed by atoms with Gasteiger partial charge in [-0.3, -0.25) is 14.9 Å². The minimum Gasteiger partial charge on any atom is -0.367 e. The number of rotatable bonds is 4. The van der Waals surface area contributed by atoms with Crippen molar-refractivity contribution >= 4 is 46.6 Å². The summed E-state index contributed by atoms with van der Waals surface area (Å²) in [4.78, 5) is 29.2. The number of amides is 2. The molecule has 2 heterocycles. The molecule has 0 unspecified atom stereocenters. The number of hydrogen-bond acceptors (Lipinski definition) is 4. The lowest BCUT2D eigenvalue weighted by molar-refractivity contribution is -0.122. The Morgan fingerprint density at radius 1 is 0.971 bits per heavy atom. The van der Waals surface area contributed by atoms with Gasteiger partial charge < -0.3 is 4.90 Å². The Kier molecular flexibility index (Phi) is 5.94. The highest BCUT2D eigenvalue weighted by molar-refractivity contribution is 7.80. The van der Waals surface area contributed by atoms with Crippen molar-refractivity contribution in [2.45, 2.75) is 19.4 Å². The average molecular weight is 472 g/mol. The lowest BCUT2D eigenvalue weighted by Crippen LogP contribution is -2.54. The monoisotopic (exact) mass is 471 g/mol. The van der Waals surface area contributed by atoms with Crippen molar-refractivity contribution in [1.82, 2.24) is 5.32 Å². The van der Waals surface area contributed by atoms with E-state index in [1.807, 2.05) is 36.4 Å². The van der Waals surface area contributed by atoms with E-state index in [1.165, 1.54) is 29.3 Å². The summed E-state index contributed by atoms with van der Waals surface area (Å²) < 4.78 is 14.4. The summed E-state index contributed by atoms with van der Waals surface area (Å²) in [6.45, 7) is 1.79. The Balaban J connectivity index is 1.45. The van der Waals surface area contributed by atoms with Gasteiger partial charge in [-0.2, -0.15) is 0 Å². The van der Waals surface area contributed by atoms with Gasteiger partial charge in [0.05, 0.1) is 5.69 Å². The number of anilines is 2. The fourth-order valence-electron chi connectivity index (χ4n) is 4.43. The second-order valence-corrected chi connectivity index (χ2v) is 8.69. The number of halogens is 1. The number of fused-ring (bicyclic) bond motifs is 1. The molecule has 1 saturated heterocycles. The first-order chi connectivity index (χ1) is 16.5. The summed E-state index contributed by atoms with van der Waals surface area (Å²) in [6.07, 6.45) is 3.49. The number of thiocarbonyl (C=S) groups is 1. The minimum absolute atomic E-state index is 0.00500. The van der Waals surface area contributed by atoms with E-state index in [-0.39, 0.29) is 16.4 Å². The van der Waals surface area contributed by atoms with E-state index >= 15 is 0 Å². The zero-order chi connectivity index (χ0) is 23.7. The molecule has 0 saturated carbocycles. The van der Waals surface area contributed by atoms with Crippen molar-refractivity contribution in [3.05, 3.63) is 101 Å². The Bertz CT molecular complexity index is 1320. The molecule has 2 amide bonds. The van der Waals surface area contributed by atoms with Gasteiger partial charge in [0.2, 0.25) is 0 Å². The number of benzene rings is 3. The summed E-state index contributed by atoms with van der Waals surface area (Å²) >= 11 is 5.16. The Labute approximate surface area is 202 Å². The summed E-state index contributed by atoms with van der Waals surface area (Å²) in [5.74, 6) is -1.84. The van der Waals surface area contributed by atoms with Crippen molar-refractivity contribution < 1.29 is 14.0 Å². The van der Waals surface area contributed by atoms with Gasteiger partial charge in [-0.1, -0.05) is 48.5 Å². The third-order valence-electron chi connectivity index (χ3n) is 6.04. The van der Waals surface area contributed by atoms with Crippen LogP contribution in [0.1, 0.15) is 23.1 Å². The molecule has 0 radical (unpaired) electrons. The lowest BCUT2D eigenvalue weighted by atomic mass is 9.97. The number of aryl methyl sites for hydroxylation is 1. The number of carbonyl (C=O) groups excluding carboxylic acids is 2. The zero-order valence-electron chi connectivity index (χ0n) is 18.3. The molecule has 0 atom stereocenters. The Morgan fingerprint density at radius 3 is 2.53 bits per heavy atom. The number of para-hydroxylation sites is 1. The van der Waals surface area contributed by atoms with Crippen molar-refractivity contribution in [2.75, 3.05) is 16.3 Å². The van der Waals surface area contributed by atoms with E-state index < -0.39 is 17.6 Å². The Morgan fingerprint density at radius 2 is 1.74 bits per heavy atom. The standard InChI is InChI=1S/C27H22FN3O2S/c28-22-10-4-5-11-24(22)31-26(33)21(25(32)29-27(31)34)16-19-12-13-23-20(15-19)9-6-14-30(23)17-18-7-2-1-3-8-18/h1-5,7-8,10-13,15-16H,6,9,14,17H2,(H,29,32,34). The highest BCUT2D eigenvalue weighted by atomic mass is 32.1. The first-order valence-corrected chi connectivity index (χ1v) is 11.5. The summed E-state index contributed by atoms with van der Waals surface area (Å²) in [5.41, 5.74) is 4.22. The SMILES string of the molecule is O=C1NC(=S)N(c2ccccc2F)C(=O)C1=Cc1ccc2c(c1)CCCN2Cc1ccccc1. The van der Waals surface area contributed by atoms with E-state index in [4.69, 9.17) is 12.2 Å². The van der Waals surface area contributed by atoms with E-state index in [0.29, 0.717) is 0 Å². The summed E-state index contributed by atoms with van der Waals surface area (Å²) in [5, 5.41) is 2.37. The fourth-order valence-corrected chi connectivity index (χ4v) is 4.70. The van der Waals surface area contributed by atoms with Crippen LogP contribution in [0.15, 0.2) is 78.4 Å². The second-order valence-electron chi connectivity index (χ2n) is 8.31. The molecule has 5 rings (SSSR count). The van der Waals surface area contributed by atoms with Gasteiger partial charge >= 0.3 is 0 Å². The van der Waals surface area contributed by atoms with Crippen LogP contribution in [0.5, 0.6) is 0 Å². The highest BCUT2D eigenvalue weighted by Crippen LogP contribution is 2.31. The van der Waals surface area contributed by atoms with Crippen LogP contribution in [0.3, 0.4) is 0 Å². The van der Waals surface area contributed by atoms with Crippen LogP contribution in [0, 0.1) is 5.82 Å². The van der Waals surface area contributed by atoms with E-state index in [9.17, 15) is 14.0 Å². The van der Waals surface area contributed by atoms with Crippen LogP contribution in [-0.2, 0) is 22.6 Å². The van der Waals surface area contributed by atoms with Gasteiger partial charge in [0.1, 0.15) is 11.4 Å². The van der Waals surface area contributed by atoms with Gasteiger partial charge in [-0.15, -0.1) is 0 Å². The predicted octanol–water partition coefficient (Wildman–Crippen LogP) is 4.61. The molecule has 0 spiro atoms. The first kappa shape index (κ1) is 22.0. The maximum Gasteiger partial charge on any atom is 0.270 e. The lowest BCUT2D eigenvalue weighted by Gasteiger charge is -2.32. The van der Waals surface area contributed by atoms with Crippen LogP contribution >= 0.6 is 12.2 Å². The van der Waals surface area contributed by atoms with Crippen LogP contribution in [0.25, 0.3) is 6.08 Å². The van der Waals surface area contributed by atoms with Crippen LogP contribution < -0.4 is 15.1 Å². The minimum atomic E-state index is -0.651. The molecule has 0 aromatic heterocycles. The number of nitrogens with zero attached hydrogens (tertiary/aromatic N) is 2. The molecule has 2 aliphatic heterocycles. The van der Waals surface area contributed by atoms with Crippen LogP contribution in [0.4, 0.5) is 15.8 Å². The molecule has 170 valence electrons. The van der Waals surface area contributed by atoms with Crippen molar-refractivity contribution in [3.63, 3.8) is 0 Å². The molecule has 3 aromatic rings. The molecule has 1 N–H and O–H groups in total. The second kappa shape index (κ2) is 9.19. The average Bonchev–Trinajstić information content (AvgIpc) is 2.83. The maximum atomic E-state index is 14.4. The molecular weight excluding hydrogens is 449 g/mol. The smallest absolute Gasteiger partial charge is 0.270 e. The van der Waals surface area contributed by atoms with Crippen molar-refractivity contribution in [1.29, 1.82) is 0 Å². The van der Waals surface area contributed by atoms with Gasteiger partial charge in [-0.05, 0) is 72.1 Å². The van der Waals surface area contributed by atoms with Gasteiger partial charge in [0.25, 0.3) is 11.8 Å². The maximum absolute atomic E-state index is 14.4. The van der Waals surface area contributed by atoms with Gasteiger partial charge in [-0.25, -0.2) is 9.29 Å². The molecule has 3 aromatic carbocycles. The third kappa shape index (κ3) is 4.22. The first-order valence-electron chi connectivity index (χ1n) is 11.1.